The normalized spacial score (nSPS) is 15.9. The first-order valence-corrected chi connectivity index (χ1v) is 12.1. The highest BCUT2D eigenvalue weighted by Gasteiger charge is 2.27. The van der Waals surface area contributed by atoms with Gasteiger partial charge in [0.1, 0.15) is 0 Å². The van der Waals surface area contributed by atoms with Crippen molar-refractivity contribution in [3.05, 3.63) is 39.9 Å². The topological polar surface area (TPSA) is 117 Å². The molecule has 176 valence electrons. The highest BCUT2D eigenvalue weighted by atomic mass is 127. The van der Waals surface area contributed by atoms with E-state index in [4.69, 9.17) is 0 Å². The van der Waals surface area contributed by atoms with Gasteiger partial charge in [-0.3, -0.25) is 15.1 Å². The van der Waals surface area contributed by atoms with Gasteiger partial charge >= 0.3 is 0 Å². The molecule has 0 atom stereocenters. The van der Waals surface area contributed by atoms with Crippen LogP contribution in [0, 0.1) is 10.1 Å². The predicted octanol–water partition coefficient (Wildman–Crippen LogP) is 2.90. The first-order chi connectivity index (χ1) is 14.4. The Morgan fingerprint density at radius 2 is 1.87 bits per heavy atom. The standard InChI is InChI=1S/C20H33N5O4S.HI/c1-3-16-30(28,29)24-14-11-18(12-15-24)23-20(21-2)22-13-5-4-6-17-7-9-19(10-8-17)25(26)27;/h7-10,18H,3-6,11-16H2,1-2H3,(H2,21,22,23);1H. The van der Waals surface area contributed by atoms with Gasteiger partial charge in [0.05, 0.1) is 10.7 Å². The van der Waals surface area contributed by atoms with Gasteiger partial charge in [-0.15, -0.1) is 24.0 Å². The summed E-state index contributed by atoms with van der Waals surface area (Å²) >= 11 is 0. The smallest absolute Gasteiger partial charge is 0.269 e. The van der Waals surface area contributed by atoms with E-state index in [0.717, 1.165) is 50.2 Å². The molecule has 0 aliphatic carbocycles. The molecule has 0 aromatic heterocycles. The summed E-state index contributed by atoms with van der Waals surface area (Å²) in [4.78, 5) is 14.6. The number of nitrogens with zero attached hydrogens (tertiary/aromatic N) is 3. The maximum Gasteiger partial charge on any atom is 0.269 e. The fourth-order valence-corrected chi connectivity index (χ4v) is 5.04. The van der Waals surface area contributed by atoms with Crippen LogP contribution in [0.5, 0.6) is 0 Å². The summed E-state index contributed by atoms with van der Waals surface area (Å²) in [6.45, 7) is 3.75. The second-order valence-corrected chi connectivity index (χ2v) is 9.60. The maximum atomic E-state index is 12.2. The molecule has 0 amide bonds. The van der Waals surface area contributed by atoms with E-state index >= 15 is 0 Å². The van der Waals surface area contributed by atoms with E-state index in [2.05, 4.69) is 15.6 Å². The van der Waals surface area contributed by atoms with Crippen molar-refractivity contribution in [2.24, 2.45) is 4.99 Å². The quantitative estimate of drug-likeness (QED) is 0.112. The molecular formula is C20H34IN5O4S. The number of rotatable bonds is 10. The number of aliphatic imine (C=N–C) groups is 1. The largest absolute Gasteiger partial charge is 0.356 e. The molecule has 1 aliphatic heterocycles. The van der Waals surface area contributed by atoms with Crippen LogP contribution in [-0.2, 0) is 16.4 Å². The van der Waals surface area contributed by atoms with Crippen LogP contribution in [0.2, 0.25) is 0 Å². The van der Waals surface area contributed by atoms with Gasteiger partial charge in [-0.05, 0) is 44.1 Å². The number of halogens is 1. The minimum absolute atomic E-state index is 0. The molecule has 2 N–H and O–H groups in total. The zero-order valence-electron chi connectivity index (χ0n) is 18.2. The van der Waals surface area contributed by atoms with Crippen molar-refractivity contribution in [1.29, 1.82) is 0 Å². The monoisotopic (exact) mass is 567 g/mol. The molecular weight excluding hydrogens is 533 g/mol. The Labute approximate surface area is 202 Å². The molecule has 1 aliphatic rings. The van der Waals surface area contributed by atoms with Crippen LogP contribution in [-0.4, -0.2) is 62.1 Å². The number of nitro groups is 1. The van der Waals surface area contributed by atoms with Gasteiger partial charge in [-0.2, -0.15) is 0 Å². The fourth-order valence-electron chi connectivity index (χ4n) is 3.50. The van der Waals surface area contributed by atoms with Crippen molar-refractivity contribution in [3.8, 4) is 0 Å². The number of aryl methyl sites for hydroxylation is 1. The van der Waals surface area contributed by atoms with E-state index in [9.17, 15) is 18.5 Å². The number of sulfonamides is 1. The predicted molar refractivity (Wildman–Crippen MR) is 135 cm³/mol. The summed E-state index contributed by atoms with van der Waals surface area (Å²) < 4.78 is 25.9. The van der Waals surface area contributed by atoms with Crippen LogP contribution >= 0.6 is 24.0 Å². The van der Waals surface area contributed by atoms with Crippen LogP contribution in [0.25, 0.3) is 0 Å². The molecule has 0 spiro atoms. The number of piperidine rings is 1. The summed E-state index contributed by atoms with van der Waals surface area (Å²) in [7, 11) is -1.39. The van der Waals surface area contributed by atoms with Crippen LogP contribution in [0.3, 0.4) is 0 Å². The van der Waals surface area contributed by atoms with Crippen LogP contribution in [0.1, 0.15) is 44.6 Å². The number of unbranched alkanes of at least 4 members (excludes halogenated alkanes) is 1. The Morgan fingerprint density at radius 3 is 2.42 bits per heavy atom. The highest BCUT2D eigenvalue weighted by molar-refractivity contribution is 14.0. The maximum absolute atomic E-state index is 12.2. The molecule has 0 radical (unpaired) electrons. The van der Waals surface area contributed by atoms with E-state index < -0.39 is 10.0 Å². The van der Waals surface area contributed by atoms with Crippen molar-refractivity contribution in [1.82, 2.24) is 14.9 Å². The van der Waals surface area contributed by atoms with Gasteiger partial charge in [0, 0.05) is 44.9 Å². The number of guanidine groups is 1. The molecule has 0 saturated carbocycles. The molecule has 31 heavy (non-hydrogen) atoms. The lowest BCUT2D eigenvalue weighted by molar-refractivity contribution is -0.384. The minimum Gasteiger partial charge on any atom is -0.356 e. The SMILES string of the molecule is CCCS(=O)(=O)N1CCC(NC(=NC)NCCCCc2ccc([N+](=O)[O-])cc2)CC1.I. The molecule has 2 rings (SSSR count). The first-order valence-electron chi connectivity index (χ1n) is 10.5. The molecule has 1 aromatic carbocycles. The second-order valence-electron chi connectivity index (χ2n) is 7.51. The average molecular weight is 567 g/mol. The molecule has 0 bridgehead atoms. The van der Waals surface area contributed by atoms with Crippen LogP contribution in [0.4, 0.5) is 5.69 Å². The molecule has 11 heteroatoms. The van der Waals surface area contributed by atoms with E-state index in [1.54, 1.807) is 23.5 Å². The molecule has 1 heterocycles. The second kappa shape index (κ2) is 13.8. The van der Waals surface area contributed by atoms with Crippen molar-refractivity contribution in [3.63, 3.8) is 0 Å². The van der Waals surface area contributed by atoms with E-state index in [0.29, 0.717) is 19.5 Å². The average Bonchev–Trinajstić information content (AvgIpc) is 2.73. The highest BCUT2D eigenvalue weighted by Crippen LogP contribution is 2.15. The van der Waals surface area contributed by atoms with Crippen molar-refractivity contribution < 1.29 is 13.3 Å². The summed E-state index contributed by atoms with van der Waals surface area (Å²) in [5.74, 6) is 0.953. The number of benzene rings is 1. The van der Waals surface area contributed by atoms with Crippen molar-refractivity contribution in [2.75, 3.05) is 32.4 Å². The third-order valence-corrected chi connectivity index (χ3v) is 7.28. The third kappa shape index (κ3) is 9.27. The fraction of sp³-hybridized carbons (Fsp3) is 0.650. The van der Waals surface area contributed by atoms with Gasteiger partial charge < -0.3 is 10.6 Å². The van der Waals surface area contributed by atoms with E-state index in [-0.39, 0.29) is 46.4 Å². The lowest BCUT2D eigenvalue weighted by Gasteiger charge is -2.32. The Morgan fingerprint density at radius 1 is 1.23 bits per heavy atom. The number of hydrogen-bond donors (Lipinski definition) is 2. The minimum atomic E-state index is -3.11. The Bertz CT molecular complexity index is 809. The van der Waals surface area contributed by atoms with Crippen LogP contribution in [0.15, 0.2) is 29.3 Å². The van der Waals surface area contributed by atoms with Gasteiger partial charge in [0.15, 0.2) is 5.96 Å². The third-order valence-electron chi connectivity index (χ3n) is 5.21. The zero-order chi connectivity index (χ0) is 22.0. The molecule has 9 nitrogen and oxygen atoms in total. The van der Waals surface area contributed by atoms with E-state index in [1.807, 2.05) is 6.92 Å². The Balaban J connectivity index is 0.00000480. The molecule has 1 aromatic rings. The van der Waals surface area contributed by atoms with E-state index in [1.165, 1.54) is 12.1 Å². The Kier molecular flexibility index (Phi) is 12.3. The summed E-state index contributed by atoms with van der Waals surface area (Å²) in [5.41, 5.74) is 1.21. The summed E-state index contributed by atoms with van der Waals surface area (Å²) in [6.07, 6.45) is 4.96. The molecule has 1 fully saturated rings. The summed E-state index contributed by atoms with van der Waals surface area (Å²) in [6, 6.07) is 6.90. The van der Waals surface area contributed by atoms with Gasteiger partial charge in [-0.25, -0.2) is 12.7 Å². The Hall–Kier alpha value is -1.47. The van der Waals surface area contributed by atoms with Crippen molar-refractivity contribution in [2.45, 2.75) is 51.5 Å². The van der Waals surface area contributed by atoms with Crippen LogP contribution < -0.4 is 10.6 Å². The van der Waals surface area contributed by atoms with Crippen molar-refractivity contribution >= 4 is 45.6 Å². The zero-order valence-corrected chi connectivity index (χ0v) is 21.4. The molecule has 1 saturated heterocycles. The lowest BCUT2D eigenvalue weighted by atomic mass is 10.1. The number of non-ortho nitro benzene ring substituents is 1. The van der Waals surface area contributed by atoms with Gasteiger partial charge in [0.25, 0.3) is 5.69 Å². The number of nitrogens with one attached hydrogen (secondary N) is 2. The number of nitro benzene ring substituents is 1. The first kappa shape index (κ1) is 27.6. The molecule has 0 unspecified atom stereocenters. The lowest BCUT2D eigenvalue weighted by Crippen LogP contribution is -2.50. The summed E-state index contributed by atoms with van der Waals surface area (Å²) in [5, 5.41) is 17.4. The van der Waals surface area contributed by atoms with Gasteiger partial charge in [0.2, 0.25) is 10.0 Å². The van der Waals surface area contributed by atoms with Gasteiger partial charge in [-0.1, -0.05) is 19.1 Å². The number of hydrogen-bond acceptors (Lipinski definition) is 5.